The molecular formula is C20H25FN4O3. The molecule has 2 heterocycles. The number of nitrogens with two attached hydrogens (primary N) is 1. The Morgan fingerprint density at radius 2 is 2.04 bits per heavy atom. The Morgan fingerprint density at radius 1 is 1.32 bits per heavy atom. The number of benzene rings is 1. The molecule has 1 aliphatic heterocycles. The summed E-state index contributed by atoms with van der Waals surface area (Å²) in [5.41, 5.74) is 6.94. The number of rotatable bonds is 8. The molecule has 1 aromatic carbocycles. The molecule has 1 aromatic heterocycles. The number of alkyl halides is 1. The Hall–Kier alpha value is -2.74. The molecule has 3 rings (SSSR count). The highest BCUT2D eigenvalue weighted by molar-refractivity contribution is 5.93. The lowest BCUT2D eigenvalue weighted by Gasteiger charge is -2.36. The maximum absolute atomic E-state index is 12.8. The normalized spacial score (nSPS) is 15.2. The minimum atomic E-state index is -0.922. The number of hydrogen-bond donors (Lipinski definition) is 2. The summed E-state index contributed by atoms with van der Waals surface area (Å²) in [4.78, 5) is 30.0. The van der Waals surface area contributed by atoms with Gasteiger partial charge in [0, 0.05) is 12.1 Å². The van der Waals surface area contributed by atoms with Crippen molar-refractivity contribution in [2.24, 2.45) is 5.73 Å². The van der Waals surface area contributed by atoms with Crippen LogP contribution < -0.4 is 11.1 Å². The van der Waals surface area contributed by atoms with Crippen LogP contribution in [0.2, 0.25) is 0 Å². The average molecular weight is 388 g/mol. The maximum Gasteiger partial charge on any atom is 0.273 e. The molecule has 0 saturated carbocycles. The van der Waals surface area contributed by atoms with Gasteiger partial charge in [0.2, 0.25) is 11.8 Å². The number of amides is 2. The number of oxazole rings is 1. The van der Waals surface area contributed by atoms with Crippen molar-refractivity contribution in [2.45, 2.75) is 38.4 Å². The van der Waals surface area contributed by atoms with Crippen LogP contribution in [-0.4, -0.2) is 53.5 Å². The minimum Gasteiger partial charge on any atom is -0.441 e. The highest BCUT2D eigenvalue weighted by Gasteiger charge is 2.32. The molecule has 3 N–H and O–H groups in total. The zero-order valence-corrected chi connectivity index (χ0v) is 15.9. The molecule has 1 saturated heterocycles. The van der Waals surface area contributed by atoms with Gasteiger partial charge in [0.15, 0.2) is 5.69 Å². The lowest BCUT2D eigenvalue weighted by atomic mass is 10.1. The summed E-state index contributed by atoms with van der Waals surface area (Å²) in [5.74, 6) is 0.377. The minimum absolute atomic E-state index is 0.143. The predicted octanol–water partition coefficient (Wildman–Crippen LogP) is 2.06. The quantitative estimate of drug-likeness (QED) is 0.674. The molecule has 7 nitrogen and oxygen atoms in total. The molecule has 0 unspecified atom stereocenters. The molecule has 150 valence electrons. The third-order valence-corrected chi connectivity index (χ3v) is 4.73. The lowest BCUT2D eigenvalue weighted by molar-refractivity contribution is -0.139. The van der Waals surface area contributed by atoms with Gasteiger partial charge in [0.05, 0.1) is 19.1 Å². The fourth-order valence-electron chi connectivity index (χ4n) is 3.05. The Balaban J connectivity index is 1.40. The number of hydrogen-bond acceptors (Lipinski definition) is 5. The van der Waals surface area contributed by atoms with Gasteiger partial charge in [-0.1, -0.05) is 18.2 Å². The van der Waals surface area contributed by atoms with Gasteiger partial charge in [-0.2, -0.15) is 0 Å². The van der Waals surface area contributed by atoms with E-state index in [2.05, 4.69) is 10.3 Å². The smallest absolute Gasteiger partial charge is 0.273 e. The van der Waals surface area contributed by atoms with Crippen LogP contribution in [0.25, 0.3) is 11.5 Å². The molecular weight excluding hydrogens is 363 g/mol. The van der Waals surface area contributed by atoms with Gasteiger partial charge in [-0.25, -0.2) is 9.37 Å². The third-order valence-electron chi connectivity index (χ3n) is 4.73. The number of carbonyl (C=O) groups excluding carboxylic acids is 2. The number of aryl methyl sites for hydroxylation is 1. The number of carbonyl (C=O) groups is 2. The largest absolute Gasteiger partial charge is 0.441 e. The van der Waals surface area contributed by atoms with Crippen molar-refractivity contribution >= 4 is 11.8 Å². The van der Waals surface area contributed by atoms with E-state index in [9.17, 15) is 14.0 Å². The highest BCUT2D eigenvalue weighted by Crippen LogP contribution is 2.21. The first-order valence-corrected chi connectivity index (χ1v) is 9.45. The van der Waals surface area contributed by atoms with E-state index in [1.165, 1.54) is 4.90 Å². The number of likely N-dealkylation sites (tertiary alicyclic amines) is 1. The topological polar surface area (TPSA) is 101 Å². The standard InChI is InChI=1S/C20H25FN4O3/c1-13-17(24-19(28-13)14-7-3-2-4-8-14)18(26)23-10-6-5-9-16(22)20(27)25-11-15(21)12-25/h2-4,7-8,15-16H,5-6,9-12,22H2,1H3,(H,23,26)/t16-/m0/s1. The molecule has 0 radical (unpaired) electrons. The second kappa shape index (κ2) is 8.97. The SMILES string of the molecule is Cc1oc(-c2ccccc2)nc1C(=O)NCCCC[C@H](N)C(=O)N1CC(F)C1. The van der Waals surface area contributed by atoms with Gasteiger partial charge in [-0.3, -0.25) is 9.59 Å². The number of aromatic nitrogens is 1. The van der Waals surface area contributed by atoms with Crippen molar-refractivity contribution in [1.82, 2.24) is 15.2 Å². The van der Waals surface area contributed by atoms with Gasteiger partial charge in [0.1, 0.15) is 11.9 Å². The number of nitrogens with zero attached hydrogens (tertiary/aromatic N) is 2. The Bertz CT molecular complexity index is 818. The summed E-state index contributed by atoms with van der Waals surface area (Å²) >= 11 is 0. The van der Waals surface area contributed by atoms with Crippen LogP contribution in [0.1, 0.15) is 35.5 Å². The molecule has 0 spiro atoms. The number of unbranched alkanes of at least 4 members (excludes halogenated alkanes) is 1. The van der Waals surface area contributed by atoms with Crippen molar-refractivity contribution < 1.29 is 18.4 Å². The fourth-order valence-corrected chi connectivity index (χ4v) is 3.05. The van der Waals surface area contributed by atoms with Gasteiger partial charge in [0.25, 0.3) is 5.91 Å². The zero-order chi connectivity index (χ0) is 20.1. The van der Waals surface area contributed by atoms with Crippen LogP contribution in [0.5, 0.6) is 0 Å². The highest BCUT2D eigenvalue weighted by atomic mass is 19.1. The van der Waals surface area contributed by atoms with Gasteiger partial charge >= 0.3 is 0 Å². The Kier molecular flexibility index (Phi) is 6.41. The molecule has 0 aliphatic carbocycles. The second-order valence-electron chi connectivity index (χ2n) is 6.99. The van der Waals surface area contributed by atoms with E-state index >= 15 is 0 Å². The molecule has 1 fully saturated rings. The van der Waals surface area contributed by atoms with Crippen LogP contribution in [0.4, 0.5) is 4.39 Å². The van der Waals surface area contributed by atoms with Crippen LogP contribution >= 0.6 is 0 Å². The Labute approximate surface area is 163 Å². The summed E-state index contributed by atoms with van der Waals surface area (Å²) < 4.78 is 18.4. The zero-order valence-electron chi connectivity index (χ0n) is 15.9. The van der Waals surface area contributed by atoms with E-state index in [0.29, 0.717) is 37.5 Å². The van der Waals surface area contributed by atoms with Gasteiger partial charge in [-0.05, 0) is 38.3 Å². The van der Waals surface area contributed by atoms with Crippen LogP contribution in [0, 0.1) is 6.92 Å². The number of nitrogens with one attached hydrogen (secondary N) is 1. The summed E-state index contributed by atoms with van der Waals surface area (Å²) in [6.45, 7) is 2.44. The summed E-state index contributed by atoms with van der Waals surface area (Å²) in [7, 11) is 0. The summed E-state index contributed by atoms with van der Waals surface area (Å²) in [6.07, 6.45) is 0.950. The van der Waals surface area contributed by atoms with E-state index in [-0.39, 0.29) is 30.6 Å². The van der Waals surface area contributed by atoms with E-state index < -0.39 is 12.2 Å². The van der Waals surface area contributed by atoms with E-state index in [1.54, 1.807) is 6.92 Å². The molecule has 1 atom stereocenters. The monoisotopic (exact) mass is 388 g/mol. The first-order valence-electron chi connectivity index (χ1n) is 9.45. The molecule has 0 bridgehead atoms. The molecule has 2 amide bonds. The van der Waals surface area contributed by atoms with Gasteiger partial charge < -0.3 is 20.4 Å². The summed E-state index contributed by atoms with van der Waals surface area (Å²) in [6, 6.07) is 8.77. The van der Waals surface area contributed by atoms with Crippen LogP contribution in [0.15, 0.2) is 34.7 Å². The summed E-state index contributed by atoms with van der Waals surface area (Å²) in [5, 5.41) is 2.81. The van der Waals surface area contributed by atoms with Crippen LogP contribution in [0.3, 0.4) is 0 Å². The molecule has 28 heavy (non-hydrogen) atoms. The fraction of sp³-hybridized carbons (Fsp3) is 0.450. The van der Waals surface area contributed by atoms with E-state index in [1.807, 2.05) is 30.3 Å². The van der Waals surface area contributed by atoms with Crippen molar-refractivity contribution in [1.29, 1.82) is 0 Å². The van der Waals surface area contributed by atoms with Gasteiger partial charge in [-0.15, -0.1) is 0 Å². The van der Waals surface area contributed by atoms with Crippen molar-refractivity contribution in [3.05, 3.63) is 41.8 Å². The molecule has 8 heteroatoms. The average Bonchev–Trinajstić information content (AvgIpc) is 3.07. The Morgan fingerprint density at radius 3 is 2.71 bits per heavy atom. The van der Waals surface area contributed by atoms with E-state index in [0.717, 1.165) is 5.56 Å². The molecule has 1 aliphatic rings. The predicted molar refractivity (Wildman–Crippen MR) is 102 cm³/mol. The first kappa shape index (κ1) is 20.0. The van der Waals surface area contributed by atoms with Crippen LogP contribution in [-0.2, 0) is 4.79 Å². The van der Waals surface area contributed by atoms with Crippen molar-refractivity contribution in [3.63, 3.8) is 0 Å². The maximum atomic E-state index is 12.8. The third kappa shape index (κ3) is 4.75. The molecule has 2 aromatic rings. The van der Waals surface area contributed by atoms with Crippen molar-refractivity contribution in [2.75, 3.05) is 19.6 Å². The lowest BCUT2D eigenvalue weighted by Crippen LogP contribution is -2.56. The number of halogens is 1. The second-order valence-corrected chi connectivity index (χ2v) is 6.99. The van der Waals surface area contributed by atoms with Crippen molar-refractivity contribution in [3.8, 4) is 11.5 Å². The van der Waals surface area contributed by atoms with E-state index in [4.69, 9.17) is 10.2 Å². The first-order chi connectivity index (χ1) is 13.5.